The third-order valence-electron chi connectivity index (χ3n) is 2.55. The van der Waals surface area contributed by atoms with Crippen LogP contribution in [0.5, 0.6) is 0 Å². The van der Waals surface area contributed by atoms with Gasteiger partial charge in [0.25, 0.3) is 0 Å². The Bertz CT molecular complexity index is 362. The first-order valence-corrected chi connectivity index (χ1v) is 7.17. The van der Waals surface area contributed by atoms with Crippen LogP contribution in [0.2, 0.25) is 0 Å². The summed E-state index contributed by atoms with van der Waals surface area (Å²) in [6, 6.07) is 7.96. The van der Waals surface area contributed by atoms with Gasteiger partial charge in [0, 0.05) is 23.8 Å². The fraction of sp³-hybridized carbons (Fsp3) is 0.538. The molecule has 0 saturated heterocycles. The second-order valence-electron chi connectivity index (χ2n) is 3.99. The average molecular weight is 255 g/mol. The summed E-state index contributed by atoms with van der Waals surface area (Å²) in [6.45, 7) is 5.48. The molecule has 0 heterocycles. The number of hydrogen-bond donors (Lipinski definition) is 1. The average Bonchev–Trinajstić information content (AvgIpc) is 2.30. The second kappa shape index (κ2) is 7.58. The van der Waals surface area contributed by atoms with Gasteiger partial charge in [0.2, 0.25) is 0 Å². The molecule has 0 aliphatic carbocycles. The number of ether oxygens (including phenoxy) is 1. The largest absolute Gasteiger partial charge is 0.383 e. The quantitative estimate of drug-likeness (QED) is 0.806. The van der Waals surface area contributed by atoms with Gasteiger partial charge in [-0.3, -0.25) is 4.21 Å². The van der Waals surface area contributed by atoms with E-state index in [0.717, 1.165) is 17.0 Å². The van der Waals surface area contributed by atoms with Crippen LogP contribution in [0.4, 0.5) is 0 Å². The summed E-state index contributed by atoms with van der Waals surface area (Å²) < 4.78 is 17.4. The Hall–Kier alpha value is -0.710. The fourth-order valence-electron chi connectivity index (χ4n) is 1.74. The van der Waals surface area contributed by atoms with Crippen LogP contribution in [0, 0.1) is 6.92 Å². The summed E-state index contributed by atoms with van der Waals surface area (Å²) >= 11 is 0. The molecule has 1 rings (SSSR count). The van der Waals surface area contributed by atoms with Crippen LogP contribution < -0.4 is 5.32 Å². The molecule has 17 heavy (non-hydrogen) atoms. The number of likely N-dealkylation sites (N-methyl/N-ethyl adjacent to an activating group) is 1. The summed E-state index contributed by atoms with van der Waals surface area (Å²) in [6.07, 6.45) is 0. The molecule has 1 aromatic rings. The standard InChI is InChI=1S/C13H21NO2S/c1-4-14-12(9-16-3)10-17(15)13-8-6-5-7-11(13)2/h5-8,12,14H,4,9-10H2,1-3H3. The highest BCUT2D eigenvalue weighted by Crippen LogP contribution is 2.13. The van der Waals surface area contributed by atoms with Gasteiger partial charge in [-0.15, -0.1) is 0 Å². The maximum absolute atomic E-state index is 12.2. The Morgan fingerprint density at radius 3 is 2.71 bits per heavy atom. The van der Waals surface area contributed by atoms with Crippen molar-refractivity contribution >= 4 is 10.8 Å². The van der Waals surface area contributed by atoms with E-state index in [1.165, 1.54) is 0 Å². The third kappa shape index (κ3) is 4.58. The SMILES string of the molecule is CCNC(COC)CS(=O)c1ccccc1C. The number of aryl methyl sites for hydroxylation is 1. The molecule has 0 bridgehead atoms. The molecule has 0 saturated carbocycles. The van der Waals surface area contributed by atoms with E-state index in [9.17, 15) is 4.21 Å². The molecule has 0 aliphatic heterocycles. The lowest BCUT2D eigenvalue weighted by Crippen LogP contribution is -2.37. The molecule has 2 unspecified atom stereocenters. The third-order valence-corrected chi connectivity index (χ3v) is 4.21. The van der Waals surface area contributed by atoms with Gasteiger partial charge in [0.1, 0.15) is 0 Å². The predicted molar refractivity (Wildman–Crippen MR) is 71.8 cm³/mol. The molecule has 1 N–H and O–H groups in total. The number of methoxy groups -OCH3 is 1. The van der Waals surface area contributed by atoms with Crippen LogP contribution in [0.1, 0.15) is 12.5 Å². The molecular weight excluding hydrogens is 234 g/mol. The van der Waals surface area contributed by atoms with E-state index in [2.05, 4.69) is 5.32 Å². The van der Waals surface area contributed by atoms with Crippen molar-refractivity contribution in [3.05, 3.63) is 29.8 Å². The Balaban J connectivity index is 2.67. The summed E-state index contributed by atoms with van der Waals surface area (Å²) in [7, 11) is 0.697. The van der Waals surface area contributed by atoms with Crippen molar-refractivity contribution in [2.75, 3.05) is 26.0 Å². The van der Waals surface area contributed by atoms with E-state index >= 15 is 0 Å². The van der Waals surface area contributed by atoms with Crippen molar-refractivity contribution in [2.24, 2.45) is 0 Å². The minimum absolute atomic E-state index is 0.144. The maximum atomic E-state index is 12.2. The minimum atomic E-state index is -0.971. The van der Waals surface area contributed by atoms with Crippen LogP contribution in [0.3, 0.4) is 0 Å². The molecule has 0 amide bonds. The summed E-state index contributed by atoms with van der Waals surface area (Å²) in [4.78, 5) is 0.923. The predicted octanol–water partition coefficient (Wildman–Crippen LogP) is 1.73. The van der Waals surface area contributed by atoms with E-state index in [-0.39, 0.29) is 6.04 Å². The lowest BCUT2D eigenvalue weighted by molar-refractivity contribution is 0.174. The van der Waals surface area contributed by atoms with E-state index in [1.54, 1.807) is 7.11 Å². The van der Waals surface area contributed by atoms with Gasteiger partial charge in [-0.2, -0.15) is 0 Å². The van der Waals surface area contributed by atoms with E-state index in [4.69, 9.17) is 4.74 Å². The number of rotatable bonds is 7. The van der Waals surface area contributed by atoms with Crippen molar-refractivity contribution in [1.29, 1.82) is 0 Å². The first kappa shape index (κ1) is 14.4. The zero-order chi connectivity index (χ0) is 12.7. The topological polar surface area (TPSA) is 38.3 Å². The monoisotopic (exact) mass is 255 g/mol. The summed E-state index contributed by atoms with van der Waals surface area (Å²) in [5.41, 5.74) is 1.08. The molecule has 2 atom stereocenters. The molecular formula is C13H21NO2S. The van der Waals surface area contributed by atoms with Crippen LogP contribution in [0.15, 0.2) is 29.2 Å². The Kier molecular flexibility index (Phi) is 6.40. The van der Waals surface area contributed by atoms with Crippen LogP contribution in [0.25, 0.3) is 0 Å². The fourth-order valence-corrected chi connectivity index (χ4v) is 3.16. The molecule has 1 aromatic carbocycles. The van der Waals surface area contributed by atoms with Crippen LogP contribution in [-0.2, 0) is 15.5 Å². The highest BCUT2D eigenvalue weighted by atomic mass is 32.2. The zero-order valence-electron chi connectivity index (χ0n) is 10.7. The number of hydrogen-bond acceptors (Lipinski definition) is 3. The van der Waals surface area contributed by atoms with Gasteiger partial charge >= 0.3 is 0 Å². The van der Waals surface area contributed by atoms with Crippen molar-refractivity contribution in [1.82, 2.24) is 5.32 Å². The van der Waals surface area contributed by atoms with Gasteiger partial charge in [-0.05, 0) is 25.1 Å². The second-order valence-corrected chi connectivity index (χ2v) is 5.45. The van der Waals surface area contributed by atoms with Gasteiger partial charge in [0.05, 0.1) is 17.4 Å². The van der Waals surface area contributed by atoms with Crippen LogP contribution >= 0.6 is 0 Å². The molecule has 3 nitrogen and oxygen atoms in total. The maximum Gasteiger partial charge on any atom is 0.0624 e. The van der Waals surface area contributed by atoms with Gasteiger partial charge in [-0.1, -0.05) is 25.1 Å². The number of benzene rings is 1. The highest BCUT2D eigenvalue weighted by molar-refractivity contribution is 7.85. The molecule has 4 heteroatoms. The van der Waals surface area contributed by atoms with Crippen molar-refractivity contribution in [2.45, 2.75) is 24.8 Å². The van der Waals surface area contributed by atoms with E-state index in [0.29, 0.717) is 12.4 Å². The molecule has 0 aromatic heterocycles. The van der Waals surface area contributed by atoms with Crippen molar-refractivity contribution in [3.63, 3.8) is 0 Å². The first-order valence-electron chi connectivity index (χ1n) is 5.85. The Labute approximate surface area is 106 Å². The lowest BCUT2D eigenvalue weighted by Gasteiger charge is -2.17. The van der Waals surface area contributed by atoms with Gasteiger partial charge < -0.3 is 10.1 Å². The summed E-state index contributed by atoms with van der Waals surface area (Å²) in [5.74, 6) is 0.590. The van der Waals surface area contributed by atoms with Gasteiger partial charge in [0.15, 0.2) is 0 Å². The van der Waals surface area contributed by atoms with Gasteiger partial charge in [-0.25, -0.2) is 0 Å². The molecule has 0 radical (unpaired) electrons. The smallest absolute Gasteiger partial charge is 0.0624 e. The Morgan fingerprint density at radius 1 is 1.41 bits per heavy atom. The summed E-state index contributed by atoms with van der Waals surface area (Å²) in [5, 5.41) is 3.29. The van der Waals surface area contributed by atoms with Crippen LogP contribution in [-0.4, -0.2) is 36.3 Å². The van der Waals surface area contributed by atoms with Crippen molar-refractivity contribution in [3.8, 4) is 0 Å². The van der Waals surface area contributed by atoms with E-state index in [1.807, 2.05) is 38.1 Å². The molecule has 0 fully saturated rings. The Morgan fingerprint density at radius 2 is 2.12 bits per heavy atom. The zero-order valence-corrected chi connectivity index (χ0v) is 11.5. The van der Waals surface area contributed by atoms with E-state index < -0.39 is 10.8 Å². The highest BCUT2D eigenvalue weighted by Gasteiger charge is 2.14. The molecule has 0 aliphatic rings. The normalized spacial score (nSPS) is 14.5. The minimum Gasteiger partial charge on any atom is -0.383 e. The number of nitrogens with one attached hydrogen (secondary N) is 1. The van der Waals surface area contributed by atoms with Crippen molar-refractivity contribution < 1.29 is 8.95 Å². The molecule has 0 spiro atoms. The first-order chi connectivity index (χ1) is 8.19. The lowest BCUT2D eigenvalue weighted by atomic mass is 10.2. The molecule has 96 valence electrons.